The van der Waals surface area contributed by atoms with Gasteiger partial charge in [-0.25, -0.2) is 4.98 Å². The van der Waals surface area contributed by atoms with E-state index >= 15 is 0 Å². The lowest BCUT2D eigenvalue weighted by Gasteiger charge is -2.22. The first-order valence-corrected chi connectivity index (χ1v) is 8.06. The fourth-order valence-corrected chi connectivity index (χ4v) is 2.43. The van der Waals surface area contributed by atoms with E-state index in [0.29, 0.717) is 23.8 Å². The molecule has 0 aliphatic heterocycles. The number of carbonyl (C=O) groups is 1. The Bertz CT molecular complexity index is 452. The number of nitrogens with zero attached hydrogens (tertiary/aromatic N) is 2. The molecule has 0 saturated carbocycles. The van der Waals surface area contributed by atoms with Gasteiger partial charge in [-0.05, 0) is 25.0 Å². The summed E-state index contributed by atoms with van der Waals surface area (Å²) in [5.41, 5.74) is 1.36. The Hall–Kier alpha value is -1.13. The predicted molar refractivity (Wildman–Crippen MR) is 85.8 cm³/mol. The van der Waals surface area contributed by atoms with Gasteiger partial charge in [-0.2, -0.15) is 0 Å². The number of aliphatic hydroxyl groups is 1. The molecule has 21 heavy (non-hydrogen) atoms. The van der Waals surface area contributed by atoms with Crippen LogP contribution in [0.15, 0.2) is 12.1 Å². The standard InChI is InChI=1S/C16H25ClN2O2/c1-3-5-6-7-8-19(9-10-20)16(21)13-11-14(4-2)18-15(17)12-13/h11-12,20H,3-10H2,1-2H3. The maximum absolute atomic E-state index is 12.5. The molecular weight excluding hydrogens is 288 g/mol. The molecule has 1 aromatic heterocycles. The third-order valence-corrected chi connectivity index (χ3v) is 3.59. The first kappa shape index (κ1) is 17.9. The number of aliphatic hydroxyl groups excluding tert-OH is 1. The summed E-state index contributed by atoms with van der Waals surface area (Å²) in [7, 11) is 0. The van der Waals surface area contributed by atoms with E-state index in [1.54, 1.807) is 17.0 Å². The second-order valence-corrected chi connectivity index (χ2v) is 5.49. The summed E-state index contributed by atoms with van der Waals surface area (Å²) in [6.07, 6.45) is 5.12. The summed E-state index contributed by atoms with van der Waals surface area (Å²) in [5.74, 6) is -0.0838. The number of aryl methyl sites for hydroxylation is 1. The molecule has 4 nitrogen and oxygen atoms in total. The van der Waals surface area contributed by atoms with Crippen LogP contribution in [-0.4, -0.2) is 40.6 Å². The third-order valence-electron chi connectivity index (χ3n) is 3.40. The molecule has 0 aromatic carbocycles. The van der Waals surface area contributed by atoms with Gasteiger partial charge in [0.15, 0.2) is 0 Å². The first-order chi connectivity index (χ1) is 10.1. The van der Waals surface area contributed by atoms with E-state index in [4.69, 9.17) is 16.7 Å². The number of halogens is 1. The molecule has 1 heterocycles. The molecule has 1 rings (SSSR count). The van der Waals surface area contributed by atoms with Crippen molar-refractivity contribution < 1.29 is 9.90 Å². The number of hydrogen-bond donors (Lipinski definition) is 1. The zero-order valence-corrected chi connectivity index (χ0v) is 13.7. The van der Waals surface area contributed by atoms with Gasteiger partial charge in [0.2, 0.25) is 0 Å². The Morgan fingerprint density at radius 1 is 1.24 bits per heavy atom. The van der Waals surface area contributed by atoms with E-state index in [9.17, 15) is 4.79 Å². The molecule has 0 spiro atoms. The molecule has 5 heteroatoms. The molecule has 0 fully saturated rings. The Morgan fingerprint density at radius 2 is 2.00 bits per heavy atom. The highest BCUT2D eigenvalue weighted by Gasteiger charge is 2.16. The van der Waals surface area contributed by atoms with Crippen molar-refractivity contribution in [3.63, 3.8) is 0 Å². The van der Waals surface area contributed by atoms with Crippen molar-refractivity contribution in [2.45, 2.75) is 46.0 Å². The third kappa shape index (κ3) is 6.02. The van der Waals surface area contributed by atoms with Crippen LogP contribution in [0.1, 0.15) is 55.6 Å². The second-order valence-electron chi connectivity index (χ2n) is 5.10. The smallest absolute Gasteiger partial charge is 0.254 e. The van der Waals surface area contributed by atoms with Gasteiger partial charge in [0.05, 0.1) is 6.61 Å². The number of pyridine rings is 1. The minimum atomic E-state index is -0.0838. The highest BCUT2D eigenvalue weighted by molar-refractivity contribution is 6.29. The van der Waals surface area contributed by atoms with Crippen molar-refractivity contribution in [3.8, 4) is 0 Å². The number of unbranched alkanes of at least 4 members (excludes halogenated alkanes) is 3. The molecular formula is C16H25ClN2O2. The molecule has 0 aliphatic carbocycles. The van der Waals surface area contributed by atoms with E-state index < -0.39 is 0 Å². The fourth-order valence-electron chi connectivity index (χ4n) is 2.20. The van der Waals surface area contributed by atoms with Crippen molar-refractivity contribution in [3.05, 3.63) is 28.5 Å². The maximum atomic E-state index is 12.5. The number of rotatable bonds is 9. The highest BCUT2D eigenvalue weighted by Crippen LogP contribution is 2.14. The Labute approximate surface area is 132 Å². The van der Waals surface area contributed by atoms with E-state index in [1.165, 1.54) is 6.42 Å². The molecule has 0 bridgehead atoms. The van der Waals surface area contributed by atoms with Crippen molar-refractivity contribution in [2.75, 3.05) is 19.7 Å². The van der Waals surface area contributed by atoms with E-state index in [1.807, 2.05) is 6.92 Å². The van der Waals surface area contributed by atoms with Crippen LogP contribution >= 0.6 is 11.6 Å². The zero-order chi connectivity index (χ0) is 15.7. The normalized spacial score (nSPS) is 10.7. The number of aromatic nitrogens is 1. The molecule has 1 amide bonds. The van der Waals surface area contributed by atoms with Gasteiger partial charge in [-0.3, -0.25) is 4.79 Å². The minimum Gasteiger partial charge on any atom is -0.395 e. The van der Waals surface area contributed by atoms with Gasteiger partial charge in [0, 0.05) is 24.3 Å². The number of carbonyl (C=O) groups excluding carboxylic acids is 1. The number of amides is 1. The summed E-state index contributed by atoms with van der Waals surface area (Å²) < 4.78 is 0. The molecule has 0 atom stereocenters. The fraction of sp³-hybridized carbons (Fsp3) is 0.625. The average Bonchev–Trinajstić information content (AvgIpc) is 2.49. The maximum Gasteiger partial charge on any atom is 0.254 e. The van der Waals surface area contributed by atoms with Gasteiger partial charge >= 0.3 is 0 Å². The topological polar surface area (TPSA) is 53.4 Å². The molecule has 1 N–H and O–H groups in total. The van der Waals surface area contributed by atoms with Crippen LogP contribution in [0.2, 0.25) is 5.15 Å². The van der Waals surface area contributed by atoms with E-state index in [-0.39, 0.29) is 12.5 Å². The molecule has 0 aliphatic rings. The predicted octanol–water partition coefficient (Wildman–Crippen LogP) is 3.31. The van der Waals surface area contributed by atoms with Gasteiger partial charge in [-0.1, -0.05) is 44.7 Å². The van der Waals surface area contributed by atoms with E-state index in [0.717, 1.165) is 31.4 Å². The van der Waals surface area contributed by atoms with Crippen molar-refractivity contribution in [1.29, 1.82) is 0 Å². The largest absolute Gasteiger partial charge is 0.395 e. The van der Waals surface area contributed by atoms with Crippen LogP contribution in [0.5, 0.6) is 0 Å². The van der Waals surface area contributed by atoms with Gasteiger partial charge in [0.1, 0.15) is 5.15 Å². The van der Waals surface area contributed by atoms with E-state index in [2.05, 4.69) is 11.9 Å². The first-order valence-electron chi connectivity index (χ1n) is 7.69. The molecule has 0 saturated heterocycles. The van der Waals surface area contributed by atoms with Crippen LogP contribution in [-0.2, 0) is 6.42 Å². The lowest BCUT2D eigenvalue weighted by molar-refractivity contribution is 0.0718. The van der Waals surface area contributed by atoms with Gasteiger partial charge in [0.25, 0.3) is 5.91 Å². The van der Waals surface area contributed by atoms with Crippen molar-refractivity contribution in [1.82, 2.24) is 9.88 Å². The average molecular weight is 313 g/mol. The van der Waals surface area contributed by atoms with Crippen molar-refractivity contribution in [2.24, 2.45) is 0 Å². The van der Waals surface area contributed by atoms with Crippen LogP contribution in [0.25, 0.3) is 0 Å². The molecule has 118 valence electrons. The van der Waals surface area contributed by atoms with Crippen LogP contribution in [0, 0.1) is 0 Å². The summed E-state index contributed by atoms with van der Waals surface area (Å²) in [4.78, 5) is 18.4. The second kappa shape index (κ2) is 9.74. The Morgan fingerprint density at radius 3 is 2.62 bits per heavy atom. The summed E-state index contributed by atoms with van der Waals surface area (Å²) in [6, 6.07) is 3.38. The van der Waals surface area contributed by atoms with Crippen LogP contribution in [0.4, 0.5) is 0 Å². The van der Waals surface area contributed by atoms with Gasteiger partial charge in [-0.15, -0.1) is 0 Å². The zero-order valence-electron chi connectivity index (χ0n) is 12.9. The number of hydrogen-bond acceptors (Lipinski definition) is 3. The lowest BCUT2D eigenvalue weighted by atomic mass is 10.1. The molecule has 0 radical (unpaired) electrons. The minimum absolute atomic E-state index is 0.0288. The SMILES string of the molecule is CCCCCCN(CCO)C(=O)c1cc(Cl)nc(CC)c1. The van der Waals surface area contributed by atoms with Crippen molar-refractivity contribution >= 4 is 17.5 Å². The summed E-state index contributed by atoms with van der Waals surface area (Å²) in [5, 5.41) is 9.50. The Kier molecular flexibility index (Phi) is 8.31. The molecule has 0 unspecified atom stereocenters. The Balaban J connectivity index is 2.77. The highest BCUT2D eigenvalue weighted by atomic mass is 35.5. The molecule has 1 aromatic rings. The summed E-state index contributed by atoms with van der Waals surface area (Å²) >= 11 is 5.97. The van der Waals surface area contributed by atoms with Crippen LogP contribution in [0.3, 0.4) is 0 Å². The quantitative estimate of drug-likeness (QED) is 0.562. The lowest BCUT2D eigenvalue weighted by Crippen LogP contribution is -2.34. The summed E-state index contributed by atoms with van der Waals surface area (Å²) in [6.45, 7) is 5.12. The van der Waals surface area contributed by atoms with Gasteiger partial charge < -0.3 is 10.0 Å². The monoisotopic (exact) mass is 312 g/mol. The van der Waals surface area contributed by atoms with Crippen LogP contribution < -0.4 is 0 Å².